The van der Waals surface area contributed by atoms with Crippen molar-refractivity contribution >= 4 is 29.3 Å². The summed E-state index contributed by atoms with van der Waals surface area (Å²) < 4.78 is 14.1. The average molecular weight is 474 g/mol. The Kier molecular flexibility index (Phi) is 8.44. The molecule has 3 amide bonds. The van der Waals surface area contributed by atoms with Crippen molar-refractivity contribution in [2.24, 2.45) is 5.92 Å². The molecule has 0 aliphatic carbocycles. The number of halogens is 2. The van der Waals surface area contributed by atoms with Crippen LogP contribution in [0.25, 0.3) is 0 Å². The Morgan fingerprint density at radius 3 is 2.30 bits per heavy atom. The van der Waals surface area contributed by atoms with Crippen LogP contribution in [0.3, 0.4) is 0 Å². The van der Waals surface area contributed by atoms with Gasteiger partial charge in [0.2, 0.25) is 5.91 Å². The fraction of sp³-hybridized carbons (Fsp3) is 0.400. The summed E-state index contributed by atoms with van der Waals surface area (Å²) in [4.78, 5) is 40.3. The third kappa shape index (κ3) is 6.32. The fourth-order valence-electron chi connectivity index (χ4n) is 3.91. The summed E-state index contributed by atoms with van der Waals surface area (Å²) in [7, 11) is 0. The quantitative estimate of drug-likeness (QED) is 0.637. The van der Waals surface area contributed by atoms with E-state index in [1.165, 1.54) is 18.2 Å². The highest BCUT2D eigenvalue weighted by molar-refractivity contribution is 6.30. The van der Waals surface area contributed by atoms with E-state index < -0.39 is 17.8 Å². The van der Waals surface area contributed by atoms with Crippen LogP contribution in [-0.4, -0.2) is 47.8 Å². The van der Waals surface area contributed by atoms with Crippen LogP contribution in [0.2, 0.25) is 5.02 Å². The van der Waals surface area contributed by atoms with Crippen LogP contribution >= 0.6 is 11.6 Å². The summed E-state index contributed by atoms with van der Waals surface area (Å²) in [6.45, 7) is 4.75. The van der Waals surface area contributed by atoms with Crippen molar-refractivity contribution < 1.29 is 18.8 Å². The zero-order chi connectivity index (χ0) is 24.0. The third-order valence-corrected chi connectivity index (χ3v) is 6.33. The Morgan fingerprint density at radius 1 is 1.06 bits per heavy atom. The molecule has 0 radical (unpaired) electrons. The highest BCUT2D eigenvalue weighted by atomic mass is 35.5. The van der Waals surface area contributed by atoms with Gasteiger partial charge in [-0.15, -0.1) is 0 Å². The predicted octanol–water partition coefficient (Wildman–Crippen LogP) is 4.04. The molecule has 0 unspecified atom stereocenters. The highest BCUT2D eigenvalue weighted by Gasteiger charge is 2.34. The normalized spacial score (nSPS) is 16.1. The topological polar surface area (TPSA) is 78.5 Å². The van der Waals surface area contributed by atoms with Crippen LogP contribution < -0.4 is 10.6 Å². The lowest BCUT2D eigenvalue weighted by Gasteiger charge is -2.36. The molecule has 1 aliphatic heterocycles. The molecule has 2 aromatic rings. The number of nitrogens with one attached hydrogen (secondary N) is 2. The van der Waals surface area contributed by atoms with Gasteiger partial charge >= 0.3 is 0 Å². The monoisotopic (exact) mass is 473 g/mol. The number of hydrogen-bond acceptors (Lipinski definition) is 3. The van der Waals surface area contributed by atoms with Crippen LogP contribution in [-0.2, 0) is 4.79 Å². The van der Waals surface area contributed by atoms with E-state index in [1.807, 2.05) is 13.8 Å². The zero-order valence-electron chi connectivity index (χ0n) is 18.8. The number of carbonyl (C=O) groups excluding carboxylic acids is 3. The molecule has 0 bridgehead atoms. The number of amides is 3. The van der Waals surface area contributed by atoms with E-state index in [0.717, 1.165) is 6.42 Å². The summed E-state index contributed by atoms with van der Waals surface area (Å²) in [5.41, 5.74) is 0.450. The SMILES string of the molecule is CC[C@H](C)NC(=O)[C@H](NC(=O)c1ccccc1F)C1CCN(C(=O)c2ccc(Cl)cc2)CC1. The first-order chi connectivity index (χ1) is 15.8. The molecule has 2 N–H and O–H groups in total. The van der Waals surface area contributed by atoms with Crippen molar-refractivity contribution in [1.29, 1.82) is 0 Å². The maximum atomic E-state index is 14.1. The van der Waals surface area contributed by atoms with Crippen molar-refractivity contribution in [2.45, 2.75) is 45.2 Å². The molecule has 176 valence electrons. The lowest BCUT2D eigenvalue weighted by atomic mass is 9.88. The lowest BCUT2D eigenvalue weighted by Crippen LogP contribution is -2.55. The van der Waals surface area contributed by atoms with Gasteiger partial charge in [-0.2, -0.15) is 0 Å². The molecule has 33 heavy (non-hydrogen) atoms. The van der Waals surface area contributed by atoms with E-state index in [0.29, 0.717) is 36.5 Å². The number of piperidine rings is 1. The molecule has 1 aliphatic rings. The summed E-state index contributed by atoms with van der Waals surface area (Å²) in [6.07, 6.45) is 1.82. The maximum Gasteiger partial charge on any atom is 0.254 e. The van der Waals surface area contributed by atoms with E-state index in [9.17, 15) is 18.8 Å². The molecule has 0 spiro atoms. The largest absolute Gasteiger partial charge is 0.352 e. The number of rotatable bonds is 7. The minimum absolute atomic E-state index is 0.0584. The predicted molar refractivity (Wildman–Crippen MR) is 126 cm³/mol. The van der Waals surface area contributed by atoms with Gasteiger partial charge in [-0.1, -0.05) is 30.7 Å². The van der Waals surface area contributed by atoms with Crippen molar-refractivity contribution in [1.82, 2.24) is 15.5 Å². The molecule has 1 fully saturated rings. The van der Waals surface area contributed by atoms with E-state index in [2.05, 4.69) is 10.6 Å². The molecule has 0 saturated carbocycles. The van der Waals surface area contributed by atoms with Crippen molar-refractivity contribution in [2.75, 3.05) is 13.1 Å². The molecular formula is C25H29ClFN3O3. The number of carbonyl (C=O) groups is 3. The first-order valence-corrected chi connectivity index (χ1v) is 11.6. The summed E-state index contributed by atoms with van der Waals surface area (Å²) in [5.74, 6) is -1.84. The first-order valence-electron chi connectivity index (χ1n) is 11.2. The smallest absolute Gasteiger partial charge is 0.254 e. The second-order valence-electron chi connectivity index (χ2n) is 8.39. The van der Waals surface area contributed by atoms with Gasteiger partial charge in [0, 0.05) is 29.7 Å². The van der Waals surface area contributed by atoms with Gasteiger partial charge in [0.1, 0.15) is 11.9 Å². The standard InChI is InChI=1S/C25H29ClFN3O3/c1-3-16(2)28-24(32)22(29-23(31)20-6-4-5-7-21(20)27)17-12-14-30(15-13-17)25(33)18-8-10-19(26)11-9-18/h4-11,16-17,22H,3,12-15H2,1-2H3,(H,28,32)(H,29,31)/t16-,22+/m0/s1. The van der Waals surface area contributed by atoms with Crippen molar-refractivity contribution in [3.05, 3.63) is 70.5 Å². The first kappa shape index (κ1) is 24.7. The van der Waals surface area contributed by atoms with E-state index in [4.69, 9.17) is 11.6 Å². The summed E-state index contributed by atoms with van der Waals surface area (Å²) >= 11 is 5.91. The molecule has 2 aromatic carbocycles. The van der Waals surface area contributed by atoms with Crippen LogP contribution in [0.1, 0.15) is 53.8 Å². The molecule has 1 saturated heterocycles. The van der Waals surface area contributed by atoms with Crippen LogP contribution in [0.15, 0.2) is 48.5 Å². The van der Waals surface area contributed by atoms with Crippen LogP contribution in [0, 0.1) is 11.7 Å². The van der Waals surface area contributed by atoms with Gasteiger partial charge in [0.25, 0.3) is 11.8 Å². The Balaban J connectivity index is 1.71. The molecule has 3 rings (SSSR count). The van der Waals surface area contributed by atoms with Crippen LogP contribution in [0.4, 0.5) is 4.39 Å². The van der Waals surface area contributed by atoms with Crippen LogP contribution in [0.5, 0.6) is 0 Å². The minimum atomic E-state index is -0.820. The zero-order valence-corrected chi connectivity index (χ0v) is 19.6. The summed E-state index contributed by atoms with van der Waals surface area (Å²) in [6, 6.07) is 11.5. The molecule has 6 nitrogen and oxygen atoms in total. The lowest BCUT2D eigenvalue weighted by molar-refractivity contribution is -0.125. The van der Waals surface area contributed by atoms with Gasteiger partial charge in [-0.05, 0) is 68.5 Å². The second kappa shape index (κ2) is 11.3. The van der Waals surface area contributed by atoms with Gasteiger partial charge in [-0.3, -0.25) is 14.4 Å². The Bertz CT molecular complexity index is 991. The molecular weight excluding hydrogens is 445 g/mol. The van der Waals surface area contributed by atoms with Crippen molar-refractivity contribution in [3.8, 4) is 0 Å². The van der Waals surface area contributed by atoms with Gasteiger partial charge < -0.3 is 15.5 Å². The second-order valence-corrected chi connectivity index (χ2v) is 8.82. The van der Waals surface area contributed by atoms with E-state index in [1.54, 1.807) is 35.2 Å². The minimum Gasteiger partial charge on any atom is -0.352 e. The van der Waals surface area contributed by atoms with Crippen molar-refractivity contribution in [3.63, 3.8) is 0 Å². The molecule has 2 atom stereocenters. The molecule has 0 aromatic heterocycles. The fourth-order valence-corrected chi connectivity index (χ4v) is 4.03. The Hall–Kier alpha value is -2.93. The number of benzene rings is 2. The molecule has 8 heteroatoms. The van der Waals surface area contributed by atoms with Gasteiger partial charge in [0.15, 0.2) is 0 Å². The number of hydrogen-bond donors (Lipinski definition) is 2. The highest BCUT2D eigenvalue weighted by Crippen LogP contribution is 2.24. The number of likely N-dealkylation sites (tertiary alicyclic amines) is 1. The Morgan fingerprint density at radius 2 is 1.70 bits per heavy atom. The van der Waals surface area contributed by atoms with E-state index >= 15 is 0 Å². The summed E-state index contributed by atoms with van der Waals surface area (Å²) in [5, 5.41) is 6.23. The Labute approximate surface area is 198 Å². The van der Waals surface area contributed by atoms with Gasteiger partial charge in [-0.25, -0.2) is 4.39 Å². The third-order valence-electron chi connectivity index (χ3n) is 6.08. The van der Waals surface area contributed by atoms with E-state index in [-0.39, 0.29) is 29.3 Å². The molecule has 1 heterocycles. The average Bonchev–Trinajstić information content (AvgIpc) is 2.82. The maximum absolute atomic E-state index is 14.1. The number of nitrogens with zero attached hydrogens (tertiary/aromatic N) is 1. The van der Waals surface area contributed by atoms with Gasteiger partial charge in [0.05, 0.1) is 5.56 Å².